The van der Waals surface area contributed by atoms with Gasteiger partial charge in [-0.25, -0.2) is 4.79 Å². The van der Waals surface area contributed by atoms with E-state index in [1.165, 1.54) is 11.3 Å². The van der Waals surface area contributed by atoms with Crippen molar-refractivity contribution in [3.63, 3.8) is 0 Å². The monoisotopic (exact) mass is 246 g/mol. The number of nitrogens with two attached hydrogens (primary N) is 1. The van der Waals surface area contributed by atoms with E-state index in [1.807, 2.05) is 13.1 Å². The summed E-state index contributed by atoms with van der Waals surface area (Å²) in [4.78, 5) is 11.0. The average Bonchev–Trinajstić information content (AvgIpc) is 2.59. The molecular weight excluding hydrogens is 228 g/mol. The van der Waals surface area contributed by atoms with Crippen LogP contribution in [0.1, 0.15) is 28.0 Å². The molecular formula is C14H18N2O2. The van der Waals surface area contributed by atoms with E-state index in [-0.39, 0.29) is 0 Å². The Morgan fingerprint density at radius 2 is 2.17 bits per heavy atom. The highest BCUT2D eigenvalue weighted by Gasteiger charge is 2.13. The number of rotatable bonds is 4. The number of hydrogen-bond acceptors (Lipinski definition) is 2. The van der Waals surface area contributed by atoms with Crippen molar-refractivity contribution >= 4 is 16.9 Å². The minimum absolute atomic E-state index is 0.335. The van der Waals surface area contributed by atoms with Crippen LogP contribution < -0.4 is 5.73 Å². The molecule has 1 aromatic carbocycles. The summed E-state index contributed by atoms with van der Waals surface area (Å²) >= 11 is 0. The predicted molar refractivity (Wildman–Crippen MR) is 72.0 cm³/mol. The van der Waals surface area contributed by atoms with Crippen LogP contribution in [0, 0.1) is 6.92 Å². The molecule has 0 spiro atoms. The van der Waals surface area contributed by atoms with Crippen LogP contribution in [0.15, 0.2) is 18.2 Å². The molecule has 0 aliphatic carbocycles. The van der Waals surface area contributed by atoms with Crippen LogP contribution >= 0.6 is 0 Å². The predicted octanol–water partition coefficient (Wildman–Crippen LogP) is 2.08. The second kappa shape index (κ2) is 4.82. The zero-order valence-corrected chi connectivity index (χ0v) is 10.7. The van der Waals surface area contributed by atoms with Crippen molar-refractivity contribution in [1.29, 1.82) is 0 Å². The third-order valence-electron chi connectivity index (χ3n) is 3.50. The third kappa shape index (κ3) is 1.99. The van der Waals surface area contributed by atoms with Gasteiger partial charge in [0.2, 0.25) is 0 Å². The van der Waals surface area contributed by atoms with Gasteiger partial charge in [-0.2, -0.15) is 0 Å². The highest BCUT2D eigenvalue weighted by Crippen LogP contribution is 2.27. The minimum Gasteiger partial charge on any atom is -0.478 e. The largest absolute Gasteiger partial charge is 0.478 e. The number of benzene rings is 1. The maximum atomic E-state index is 11.0. The molecule has 0 saturated heterocycles. The van der Waals surface area contributed by atoms with Gasteiger partial charge >= 0.3 is 5.97 Å². The molecule has 4 heteroatoms. The topological polar surface area (TPSA) is 68.2 Å². The van der Waals surface area contributed by atoms with Crippen molar-refractivity contribution in [2.24, 2.45) is 12.8 Å². The summed E-state index contributed by atoms with van der Waals surface area (Å²) in [6.45, 7) is 2.71. The van der Waals surface area contributed by atoms with Crippen molar-refractivity contribution in [1.82, 2.24) is 4.57 Å². The number of hydrogen-bond donors (Lipinski definition) is 2. The number of aromatic carboxylic acids is 1. The van der Waals surface area contributed by atoms with Gasteiger partial charge in [0.25, 0.3) is 0 Å². The van der Waals surface area contributed by atoms with Crippen LogP contribution in [0.4, 0.5) is 0 Å². The Morgan fingerprint density at radius 3 is 2.78 bits per heavy atom. The fourth-order valence-electron chi connectivity index (χ4n) is 2.38. The standard InChI is InChI=1S/C14H18N2O2/c1-9-11(4-3-7-15)12-8-10(14(17)18)5-6-13(12)16(9)2/h5-6,8H,3-4,7,15H2,1-2H3,(H,17,18). The second-order valence-corrected chi connectivity index (χ2v) is 4.55. The molecule has 0 aliphatic rings. The van der Waals surface area contributed by atoms with Crippen molar-refractivity contribution in [3.05, 3.63) is 35.0 Å². The van der Waals surface area contributed by atoms with Crippen molar-refractivity contribution in [2.75, 3.05) is 6.54 Å². The number of aromatic nitrogens is 1. The first-order chi connectivity index (χ1) is 8.56. The minimum atomic E-state index is -0.886. The molecule has 0 radical (unpaired) electrons. The van der Waals surface area contributed by atoms with Crippen molar-refractivity contribution in [3.8, 4) is 0 Å². The molecule has 96 valence electrons. The molecule has 0 fully saturated rings. The Bertz CT molecular complexity index is 599. The first-order valence-corrected chi connectivity index (χ1v) is 6.07. The van der Waals surface area contributed by atoms with Gasteiger partial charge < -0.3 is 15.4 Å². The highest BCUT2D eigenvalue weighted by molar-refractivity contribution is 5.95. The summed E-state index contributed by atoms with van der Waals surface area (Å²) in [7, 11) is 2.00. The van der Waals surface area contributed by atoms with E-state index >= 15 is 0 Å². The van der Waals surface area contributed by atoms with Gasteiger partial charge in [-0.1, -0.05) is 0 Å². The number of carbonyl (C=O) groups is 1. The third-order valence-corrected chi connectivity index (χ3v) is 3.50. The van der Waals surface area contributed by atoms with Crippen molar-refractivity contribution < 1.29 is 9.90 Å². The summed E-state index contributed by atoms with van der Waals surface area (Å²) in [5.74, 6) is -0.886. The SMILES string of the molecule is Cc1c(CCCN)c2cc(C(=O)O)ccc2n1C. The first kappa shape index (κ1) is 12.6. The Hall–Kier alpha value is -1.81. The molecule has 18 heavy (non-hydrogen) atoms. The average molecular weight is 246 g/mol. The van der Waals surface area contributed by atoms with Crippen LogP contribution in [0.25, 0.3) is 10.9 Å². The normalized spacial score (nSPS) is 11.1. The van der Waals surface area contributed by atoms with Gasteiger partial charge in [0.1, 0.15) is 0 Å². The van der Waals surface area contributed by atoms with Gasteiger partial charge in [-0.05, 0) is 50.1 Å². The zero-order valence-electron chi connectivity index (χ0n) is 10.7. The summed E-state index contributed by atoms with van der Waals surface area (Å²) in [5.41, 5.74) is 9.35. The lowest BCUT2D eigenvalue weighted by molar-refractivity contribution is 0.0697. The summed E-state index contributed by atoms with van der Waals surface area (Å²) < 4.78 is 2.10. The number of fused-ring (bicyclic) bond motifs is 1. The lowest BCUT2D eigenvalue weighted by Crippen LogP contribution is -2.01. The Labute approximate surface area is 106 Å². The van der Waals surface area contributed by atoms with Gasteiger partial charge in [-0.15, -0.1) is 0 Å². The molecule has 1 heterocycles. The molecule has 0 bridgehead atoms. The number of carboxylic acids is 1. The molecule has 3 N–H and O–H groups in total. The molecule has 0 unspecified atom stereocenters. The molecule has 1 aromatic heterocycles. The van der Waals surface area contributed by atoms with Crippen LogP contribution in [-0.2, 0) is 13.5 Å². The van der Waals surface area contributed by atoms with Crippen LogP contribution in [-0.4, -0.2) is 22.2 Å². The lowest BCUT2D eigenvalue weighted by Gasteiger charge is -2.01. The van der Waals surface area contributed by atoms with E-state index < -0.39 is 5.97 Å². The fraction of sp³-hybridized carbons (Fsp3) is 0.357. The van der Waals surface area contributed by atoms with E-state index in [9.17, 15) is 4.79 Å². The Kier molecular flexibility index (Phi) is 3.39. The van der Waals surface area contributed by atoms with E-state index in [0.717, 1.165) is 23.7 Å². The summed E-state index contributed by atoms with van der Waals surface area (Å²) in [5, 5.41) is 10.1. The van der Waals surface area contributed by atoms with Crippen LogP contribution in [0.3, 0.4) is 0 Å². The second-order valence-electron chi connectivity index (χ2n) is 4.55. The lowest BCUT2D eigenvalue weighted by atomic mass is 10.0. The van der Waals surface area contributed by atoms with E-state index in [2.05, 4.69) is 11.5 Å². The number of carboxylic acid groups (broad SMARTS) is 1. The molecule has 0 aliphatic heterocycles. The number of aryl methyl sites for hydroxylation is 2. The van der Waals surface area contributed by atoms with Crippen LogP contribution in [0.2, 0.25) is 0 Å². The maximum absolute atomic E-state index is 11.0. The van der Waals surface area contributed by atoms with Gasteiger partial charge in [0, 0.05) is 23.6 Å². The van der Waals surface area contributed by atoms with E-state index in [1.54, 1.807) is 12.1 Å². The van der Waals surface area contributed by atoms with E-state index in [4.69, 9.17) is 10.8 Å². The Morgan fingerprint density at radius 1 is 1.44 bits per heavy atom. The fourth-order valence-corrected chi connectivity index (χ4v) is 2.38. The highest BCUT2D eigenvalue weighted by atomic mass is 16.4. The summed E-state index contributed by atoms with van der Waals surface area (Å²) in [6.07, 6.45) is 1.81. The quantitative estimate of drug-likeness (QED) is 0.867. The van der Waals surface area contributed by atoms with E-state index in [0.29, 0.717) is 12.1 Å². The molecule has 2 rings (SSSR count). The molecule has 4 nitrogen and oxygen atoms in total. The smallest absolute Gasteiger partial charge is 0.335 e. The molecule has 0 atom stereocenters. The zero-order chi connectivity index (χ0) is 13.3. The van der Waals surface area contributed by atoms with Gasteiger partial charge in [0.15, 0.2) is 0 Å². The molecule has 0 amide bonds. The summed E-state index contributed by atoms with van der Waals surface area (Å²) in [6, 6.07) is 5.28. The maximum Gasteiger partial charge on any atom is 0.335 e. The number of nitrogens with zero attached hydrogens (tertiary/aromatic N) is 1. The van der Waals surface area contributed by atoms with Crippen LogP contribution in [0.5, 0.6) is 0 Å². The first-order valence-electron chi connectivity index (χ1n) is 6.07. The van der Waals surface area contributed by atoms with Gasteiger partial charge in [0.05, 0.1) is 5.56 Å². The van der Waals surface area contributed by atoms with Gasteiger partial charge in [-0.3, -0.25) is 0 Å². The Balaban J connectivity index is 2.62. The van der Waals surface area contributed by atoms with Crippen molar-refractivity contribution in [2.45, 2.75) is 19.8 Å². The molecule has 2 aromatic rings. The molecule has 0 saturated carbocycles.